The van der Waals surface area contributed by atoms with E-state index in [-0.39, 0.29) is 25.6 Å². The molecule has 0 spiro atoms. The van der Waals surface area contributed by atoms with Gasteiger partial charge in [-0.1, -0.05) is 36.4 Å². The zero-order valence-corrected chi connectivity index (χ0v) is 16.9. The van der Waals surface area contributed by atoms with Crippen LogP contribution in [-0.2, 0) is 24.1 Å². The summed E-state index contributed by atoms with van der Waals surface area (Å²) >= 11 is 0. The number of benzene rings is 2. The van der Waals surface area contributed by atoms with Crippen molar-refractivity contribution in [2.75, 3.05) is 13.2 Å². The second kappa shape index (κ2) is 10.0. The van der Waals surface area contributed by atoms with Crippen LogP contribution in [0.15, 0.2) is 85.6 Å². The average Bonchev–Trinajstić information content (AvgIpc) is 3.18. The molecule has 0 N–H and O–H groups in total. The lowest BCUT2D eigenvalue weighted by atomic mass is 10.1. The van der Waals surface area contributed by atoms with Crippen molar-refractivity contribution in [3.8, 4) is 5.75 Å². The maximum Gasteiger partial charge on any atom is 0.416 e. The summed E-state index contributed by atoms with van der Waals surface area (Å²) < 4.78 is 46.4. The van der Waals surface area contributed by atoms with Gasteiger partial charge >= 0.3 is 6.18 Å². The molecule has 7 heteroatoms. The number of nitrogens with zero attached hydrogens (tertiary/aromatic N) is 2. The normalized spacial score (nSPS) is 11.2. The average molecular weight is 428 g/mol. The number of alkyl halides is 3. The number of halogens is 3. The van der Waals surface area contributed by atoms with E-state index in [1.807, 2.05) is 28.8 Å². The van der Waals surface area contributed by atoms with Gasteiger partial charge < -0.3 is 14.2 Å². The summed E-state index contributed by atoms with van der Waals surface area (Å²) in [5.41, 5.74) is 0.647. The highest BCUT2D eigenvalue weighted by Gasteiger charge is 2.30. The lowest BCUT2D eigenvalue weighted by Crippen LogP contribution is -2.35. The summed E-state index contributed by atoms with van der Waals surface area (Å²) in [6.07, 6.45) is -0.978. The van der Waals surface area contributed by atoms with Gasteiger partial charge in [-0.2, -0.15) is 13.2 Å². The number of carbonyl (C=O) groups excluding carboxylic acids is 1. The topological polar surface area (TPSA) is 34.5 Å². The Labute approximate surface area is 179 Å². The fraction of sp³-hybridized carbons (Fsp3) is 0.208. The first kappa shape index (κ1) is 22.2. The van der Waals surface area contributed by atoms with Crippen LogP contribution in [0.3, 0.4) is 0 Å². The molecule has 0 unspecified atom stereocenters. The zero-order chi connectivity index (χ0) is 22.3. The highest BCUT2D eigenvalue weighted by atomic mass is 19.4. The van der Waals surface area contributed by atoms with Crippen molar-refractivity contribution < 1.29 is 22.7 Å². The van der Waals surface area contributed by atoms with Gasteiger partial charge in [-0.25, -0.2) is 0 Å². The first-order chi connectivity index (χ1) is 14.9. The first-order valence-corrected chi connectivity index (χ1v) is 9.73. The molecule has 3 rings (SSSR count). The van der Waals surface area contributed by atoms with Crippen LogP contribution in [0.25, 0.3) is 0 Å². The molecule has 0 radical (unpaired) electrons. The highest BCUT2D eigenvalue weighted by Crippen LogP contribution is 2.29. The Balaban J connectivity index is 1.69. The van der Waals surface area contributed by atoms with E-state index in [0.717, 1.165) is 17.8 Å². The molecule has 0 saturated carbocycles. The van der Waals surface area contributed by atoms with Crippen molar-refractivity contribution in [1.82, 2.24) is 9.47 Å². The van der Waals surface area contributed by atoms with Gasteiger partial charge in [-0.15, -0.1) is 6.58 Å². The van der Waals surface area contributed by atoms with Crippen LogP contribution >= 0.6 is 0 Å². The molecule has 1 heterocycles. The van der Waals surface area contributed by atoms with Crippen molar-refractivity contribution in [3.63, 3.8) is 0 Å². The molecule has 0 fully saturated rings. The second-order valence-electron chi connectivity index (χ2n) is 6.99. The molecule has 162 valence electrons. The van der Waals surface area contributed by atoms with Gasteiger partial charge in [0.1, 0.15) is 5.75 Å². The lowest BCUT2D eigenvalue weighted by molar-refractivity contribution is -0.137. The maximum atomic E-state index is 13.0. The summed E-state index contributed by atoms with van der Waals surface area (Å²) in [6.45, 7) is 4.46. The largest absolute Gasteiger partial charge is 0.484 e. The highest BCUT2D eigenvalue weighted by molar-refractivity contribution is 5.77. The molecule has 31 heavy (non-hydrogen) atoms. The molecule has 1 aromatic heterocycles. The Morgan fingerprint density at radius 2 is 1.84 bits per heavy atom. The number of aromatic nitrogens is 1. The van der Waals surface area contributed by atoms with Crippen LogP contribution < -0.4 is 4.74 Å². The molecule has 1 amide bonds. The fourth-order valence-electron chi connectivity index (χ4n) is 3.15. The van der Waals surface area contributed by atoms with E-state index in [1.54, 1.807) is 41.4 Å². The Kier molecular flexibility index (Phi) is 7.18. The third-order valence-corrected chi connectivity index (χ3v) is 4.69. The number of carbonyl (C=O) groups is 1. The van der Waals surface area contributed by atoms with E-state index >= 15 is 0 Å². The monoisotopic (exact) mass is 428 g/mol. The van der Waals surface area contributed by atoms with Crippen LogP contribution in [0, 0.1) is 0 Å². The van der Waals surface area contributed by atoms with E-state index in [0.29, 0.717) is 17.9 Å². The molecule has 0 saturated heterocycles. The zero-order valence-electron chi connectivity index (χ0n) is 16.9. The number of hydrogen-bond acceptors (Lipinski definition) is 2. The minimum atomic E-state index is -4.39. The van der Waals surface area contributed by atoms with Gasteiger partial charge in [0.15, 0.2) is 6.61 Å². The van der Waals surface area contributed by atoms with E-state index in [9.17, 15) is 18.0 Å². The summed E-state index contributed by atoms with van der Waals surface area (Å²) in [5.74, 6) is 0.387. The number of ether oxygens (including phenoxy) is 1. The van der Waals surface area contributed by atoms with Crippen molar-refractivity contribution in [1.29, 1.82) is 0 Å². The minimum Gasteiger partial charge on any atom is -0.484 e. The van der Waals surface area contributed by atoms with Gasteiger partial charge in [0.25, 0.3) is 5.91 Å². The molecule has 3 aromatic rings. The van der Waals surface area contributed by atoms with Gasteiger partial charge in [0.2, 0.25) is 0 Å². The number of para-hydroxylation sites is 1. The number of rotatable bonds is 9. The van der Waals surface area contributed by atoms with Crippen molar-refractivity contribution in [2.24, 2.45) is 0 Å². The van der Waals surface area contributed by atoms with E-state index < -0.39 is 11.7 Å². The second-order valence-corrected chi connectivity index (χ2v) is 6.99. The molecule has 2 aromatic carbocycles. The first-order valence-electron chi connectivity index (χ1n) is 9.73. The standard InChI is InChI=1S/C24H23F3N2O2/c1-2-13-29(23(30)18-31-22-11-4-3-5-12-22)17-21-10-7-14-28(21)16-19-8-6-9-20(15-19)24(25,26)27/h2-12,14-15H,1,13,16-18H2. The molecule has 0 atom stereocenters. The van der Waals surface area contributed by atoms with E-state index in [1.165, 1.54) is 6.07 Å². The number of amides is 1. The molecule has 0 aliphatic heterocycles. The summed E-state index contributed by atoms with van der Waals surface area (Å²) in [7, 11) is 0. The molecule has 0 aliphatic carbocycles. The fourth-order valence-corrected chi connectivity index (χ4v) is 3.15. The Hall–Kier alpha value is -3.48. The summed E-state index contributed by atoms with van der Waals surface area (Å²) in [5, 5.41) is 0. The SMILES string of the molecule is C=CCN(Cc1cccn1Cc1cccc(C(F)(F)F)c1)C(=O)COc1ccccc1. The van der Waals surface area contributed by atoms with Crippen molar-refractivity contribution in [3.05, 3.63) is 102 Å². The van der Waals surface area contributed by atoms with Crippen molar-refractivity contribution >= 4 is 5.91 Å². The van der Waals surface area contributed by atoms with Crippen LogP contribution in [-0.4, -0.2) is 28.5 Å². The van der Waals surface area contributed by atoms with Gasteiger partial charge in [0, 0.05) is 25.0 Å². The molecular formula is C24H23F3N2O2. The van der Waals surface area contributed by atoms with Crippen LogP contribution in [0.5, 0.6) is 5.75 Å². The Morgan fingerprint density at radius 1 is 1.06 bits per heavy atom. The third-order valence-electron chi connectivity index (χ3n) is 4.69. The van der Waals surface area contributed by atoms with Crippen LogP contribution in [0.1, 0.15) is 16.8 Å². The quantitative estimate of drug-likeness (QED) is 0.442. The predicted molar refractivity (Wildman–Crippen MR) is 113 cm³/mol. The lowest BCUT2D eigenvalue weighted by Gasteiger charge is -2.22. The van der Waals surface area contributed by atoms with Gasteiger partial charge in [-0.05, 0) is 42.0 Å². The molecular weight excluding hydrogens is 405 g/mol. The van der Waals surface area contributed by atoms with Gasteiger partial charge in [0.05, 0.1) is 12.1 Å². The predicted octanol–water partition coefficient (Wildman–Crippen LogP) is 5.15. The Bertz CT molecular complexity index is 1010. The summed E-state index contributed by atoms with van der Waals surface area (Å²) in [4.78, 5) is 14.3. The van der Waals surface area contributed by atoms with Crippen molar-refractivity contribution in [2.45, 2.75) is 19.3 Å². The summed E-state index contributed by atoms with van der Waals surface area (Å²) in [6, 6.07) is 17.9. The number of hydrogen-bond donors (Lipinski definition) is 0. The minimum absolute atomic E-state index is 0.119. The van der Waals surface area contributed by atoms with E-state index in [2.05, 4.69) is 6.58 Å². The maximum absolute atomic E-state index is 13.0. The van der Waals surface area contributed by atoms with Crippen LogP contribution in [0.2, 0.25) is 0 Å². The molecule has 4 nitrogen and oxygen atoms in total. The molecule has 0 aliphatic rings. The van der Waals surface area contributed by atoms with Crippen LogP contribution in [0.4, 0.5) is 13.2 Å². The smallest absolute Gasteiger partial charge is 0.416 e. The molecule has 0 bridgehead atoms. The third kappa shape index (κ3) is 6.25. The van der Waals surface area contributed by atoms with Gasteiger partial charge in [-0.3, -0.25) is 4.79 Å². The Morgan fingerprint density at radius 3 is 2.55 bits per heavy atom. The van der Waals surface area contributed by atoms with E-state index in [4.69, 9.17) is 4.74 Å².